The first-order valence-corrected chi connectivity index (χ1v) is 10.4. The van der Waals surface area contributed by atoms with E-state index >= 15 is 0 Å². The third-order valence-electron chi connectivity index (χ3n) is 4.92. The lowest BCUT2D eigenvalue weighted by Crippen LogP contribution is -2.43. The van der Waals surface area contributed by atoms with Crippen LogP contribution in [-0.2, 0) is 11.4 Å². The second-order valence-electron chi connectivity index (χ2n) is 6.62. The largest absolute Gasteiger partial charge is 0.587 e. The van der Waals surface area contributed by atoms with E-state index in [1.54, 1.807) is 11.1 Å². The molecule has 0 amide bonds. The SMILES string of the molecule is COc1ccc([S+]([O-])n2cc(C)c3ccc(Cl)cc32)cc1N1CCNCC1. The number of methoxy groups -OCH3 is 1. The predicted molar refractivity (Wildman–Crippen MR) is 112 cm³/mol. The van der Waals surface area contributed by atoms with Crippen LogP contribution in [0.4, 0.5) is 5.69 Å². The topological polar surface area (TPSA) is 52.5 Å². The van der Waals surface area contributed by atoms with Crippen molar-refractivity contribution in [2.45, 2.75) is 11.8 Å². The predicted octanol–water partition coefficient (Wildman–Crippen LogP) is 3.59. The molecule has 0 radical (unpaired) electrons. The molecular formula is C20H22ClN3O2S. The molecule has 5 nitrogen and oxygen atoms in total. The van der Waals surface area contributed by atoms with Gasteiger partial charge in [0.15, 0.2) is 4.90 Å². The summed E-state index contributed by atoms with van der Waals surface area (Å²) in [5.41, 5.74) is 2.93. The average Bonchev–Trinajstić information content (AvgIpc) is 3.03. The van der Waals surface area contributed by atoms with Crippen LogP contribution in [0, 0.1) is 6.92 Å². The number of anilines is 1. The number of fused-ring (bicyclic) bond motifs is 1. The van der Waals surface area contributed by atoms with Crippen LogP contribution in [0.25, 0.3) is 10.9 Å². The number of benzene rings is 2. The number of rotatable bonds is 4. The number of aryl methyl sites for hydroxylation is 1. The molecular weight excluding hydrogens is 382 g/mol. The Morgan fingerprint density at radius 2 is 1.93 bits per heavy atom. The molecule has 142 valence electrons. The highest BCUT2D eigenvalue weighted by atomic mass is 35.5. The van der Waals surface area contributed by atoms with Crippen molar-refractivity contribution < 1.29 is 9.29 Å². The smallest absolute Gasteiger partial charge is 0.182 e. The molecule has 7 heteroatoms. The van der Waals surface area contributed by atoms with E-state index in [4.69, 9.17) is 16.3 Å². The molecule has 2 aromatic carbocycles. The summed E-state index contributed by atoms with van der Waals surface area (Å²) < 4.78 is 20.7. The molecule has 0 spiro atoms. The molecule has 3 aromatic rings. The number of piperazine rings is 1. The molecule has 0 saturated carbocycles. The van der Waals surface area contributed by atoms with Crippen LogP contribution in [0.1, 0.15) is 5.56 Å². The highest BCUT2D eigenvalue weighted by molar-refractivity contribution is 7.90. The lowest BCUT2D eigenvalue weighted by Gasteiger charge is -2.30. The van der Waals surface area contributed by atoms with Gasteiger partial charge in [0.2, 0.25) is 0 Å². The fourth-order valence-corrected chi connectivity index (χ4v) is 4.89. The molecule has 0 bridgehead atoms. The molecule has 1 aliphatic rings. The number of aromatic nitrogens is 1. The van der Waals surface area contributed by atoms with E-state index in [0.29, 0.717) is 5.02 Å². The standard InChI is InChI=1S/C20H22ClN3O2S/c1-14-13-24(18-11-15(21)3-5-17(14)18)27(25)16-4-6-20(26-2)19(12-16)23-9-7-22-8-10-23/h3-6,11-13,22H,7-10H2,1-2H3. The van der Waals surface area contributed by atoms with Gasteiger partial charge in [-0.05, 0) is 36.8 Å². The van der Waals surface area contributed by atoms with Crippen LogP contribution in [0.3, 0.4) is 0 Å². The van der Waals surface area contributed by atoms with Crippen LogP contribution >= 0.6 is 11.6 Å². The Labute approximate surface area is 167 Å². The van der Waals surface area contributed by atoms with Crippen LogP contribution in [0.5, 0.6) is 5.75 Å². The number of hydrogen-bond donors (Lipinski definition) is 1. The monoisotopic (exact) mass is 403 g/mol. The van der Waals surface area contributed by atoms with Crippen molar-refractivity contribution in [2.75, 3.05) is 38.2 Å². The third kappa shape index (κ3) is 3.50. The number of halogens is 1. The molecule has 1 fully saturated rings. The van der Waals surface area contributed by atoms with Crippen molar-refractivity contribution >= 4 is 39.6 Å². The number of nitrogens with one attached hydrogen (secondary N) is 1. The van der Waals surface area contributed by atoms with E-state index in [0.717, 1.165) is 59.0 Å². The lowest BCUT2D eigenvalue weighted by molar-refractivity contribution is 0.412. The van der Waals surface area contributed by atoms with Crippen molar-refractivity contribution in [1.29, 1.82) is 0 Å². The molecule has 1 atom stereocenters. The number of nitrogens with zero attached hydrogens (tertiary/aromatic N) is 2. The van der Waals surface area contributed by atoms with Crippen LogP contribution < -0.4 is 15.0 Å². The van der Waals surface area contributed by atoms with Crippen molar-refractivity contribution in [2.24, 2.45) is 0 Å². The van der Waals surface area contributed by atoms with Crippen LogP contribution in [0.15, 0.2) is 47.5 Å². The zero-order valence-corrected chi connectivity index (χ0v) is 16.9. The van der Waals surface area contributed by atoms with Crippen LogP contribution in [0.2, 0.25) is 5.02 Å². The Morgan fingerprint density at radius 1 is 1.15 bits per heavy atom. The Hall–Kier alpha value is -1.86. The van der Waals surface area contributed by atoms with Gasteiger partial charge in [0.05, 0.1) is 24.5 Å². The molecule has 1 unspecified atom stereocenters. The maximum absolute atomic E-state index is 13.4. The van der Waals surface area contributed by atoms with Gasteiger partial charge in [-0.25, -0.2) is 0 Å². The van der Waals surface area contributed by atoms with Crippen LogP contribution in [-0.4, -0.2) is 41.8 Å². The molecule has 1 saturated heterocycles. The zero-order chi connectivity index (χ0) is 19.0. The van der Waals surface area contributed by atoms with E-state index in [1.807, 2.05) is 49.5 Å². The second-order valence-corrected chi connectivity index (χ2v) is 8.42. The number of hydrogen-bond acceptors (Lipinski definition) is 4. The Kier molecular flexibility index (Phi) is 5.23. The molecule has 0 aliphatic carbocycles. The normalized spacial score (nSPS) is 15.9. The summed E-state index contributed by atoms with van der Waals surface area (Å²) in [6.07, 6.45) is 1.92. The summed E-state index contributed by atoms with van der Waals surface area (Å²) >= 11 is 4.80. The Balaban J connectivity index is 1.76. The summed E-state index contributed by atoms with van der Waals surface area (Å²) in [6.45, 7) is 5.66. The molecule has 1 aliphatic heterocycles. The van der Waals surface area contributed by atoms with E-state index in [1.165, 1.54) is 0 Å². The summed E-state index contributed by atoms with van der Waals surface area (Å²) in [4.78, 5) is 3.01. The van der Waals surface area contributed by atoms with Gasteiger partial charge in [-0.2, -0.15) is 3.97 Å². The zero-order valence-electron chi connectivity index (χ0n) is 15.4. The van der Waals surface area contributed by atoms with Gasteiger partial charge in [-0.3, -0.25) is 0 Å². The van der Waals surface area contributed by atoms with Gasteiger partial charge in [0.1, 0.15) is 17.1 Å². The minimum absolute atomic E-state index is 0.634. The summed E-state index contributed by atoms with van der Waals surface area (Å²) in [6, 6.07) is 11.4. The van der Waals surface area contributed by atoms with Gasteiger partial charge < -0.3 is 19.5 Å². The Bertz CT molecular complexity index is 969. The fourth-order valence-electron chi connectivity index (χ4n) is 3.52. The molecule has 4 rings (SSSR count). The minimum atomic E-state index is -1.37. The quantitative estimate of drug-likeness (QED) is 0.676. The highest BCUT2D eigenvalue weighted by Crippen LogP contribution is 2.33. The van der Waals surface area contributed by atoms with Crippen molar-refractivity contribution in [3.63, 3.8) is 0 Å². The summed E-state index contributed by atoms with van der Waals surface area (Å²) in [7, 11) is 1.67. The molecule has 27 heavy (non-hydrogen) atoms. The fraction of sp³-hybridized carbons (Fsp3) is 0.300. The number of ether oxygens (including phenoxy) is 1. The van der Waals surface area contributed by atoms with Gasteiger partial charge >= 0.3 is 0 Å². The summed E-state index contributed by atoms with van der Waals surface area (Å²) in [5.74, 6) is 0.800. The first-order valence-electron chi connectivity index (χ1n) is 8.91. The highest BCUT2D eigenvalue weighted by Gasteiger charge is 2.23. The average molecular weight is 404 g/mol. The van der Waals surface area contributed by atoms with E-state index in [9.17, 15) is 4.55 Å². The van der Waals surface area contributed by atoms with Gasteiger partial charge in [0, 0.05) is 42.7 Å². The lowest BCUT2D eigenvalue weighted by atomic mass is 10.2. The van der Waals surface area contributed by atoms with E-state index in [2.05, 4.69) is 10.2 Å². The molecule has 1 aromatic heterocycles. The van der Waals surface area contributed by atoms with Crippen molar-refractivity contribution in [3.05, 3.63) is 53.2 Å². The maximum atomic E-state index is 13.4. The van der Waals surface area contributed by atoms with E-state index in [-0.39, 0.29) is 0 Å². The van der Waals surface area contributed by atoms with Gasteiger partial charge in [0.25, 0.3) is 0 Å². The summed E-state index contributed by atoms with van der Waals surface area (Å²) in [5, 5.41) is 5.05. The minimum Gasteiger partial charge on any atom is -0.587 e. The first-order chi connectivity index (χ1) is 13.1. The Morgan fingerprint density at radius 3 is 2.67 bits per heavy atom. The van der Waals surface area contributed by atoms with Crippen molar-refractivity contribution in [3.8, 4) is 5.75 Å². The second kappa shape index (κ2) is 7.64. The van der Waals surface area contributed by atoms with Gasteiger partial charge in [-0.1, -0.05) is 17.7 Å². The maximum Gasteiger partial charge on any atom is 0.182 e. The molecule has 2 heterocycles. The van der Waals surface area contributed by atoms with E-state index < -0.39 is 11.4 Å². The van der Waals surface area contributed by atoms with Gasteiger partial charge in [-0.15, -0.1) is 0 Å². The molecule has 1 N–H and O–H groups in total. The first kappa shape index (κ1) is 18.5. The third-order valence-corrected chi connectivity index (χ3v) is 6.47. The van der Waals surface area contributed by atoms with Crippen molar-refractivity contribution in [1.82, 2.24) is 9.29 Å².